The molecule has 0 radical (unpaired) electrons. The van der Waals surface area contributed by atoms with E-state index in [1.54, 1.807) is 24.3 Å². The Bertz CT molecular complexity index is 1420. The van der Waals surface area contributed by atoms with Gasteiger partial charge in [0.15, 0.2) is 0 Å². The van der Waals surface area contributed by atoms with Gasteiger partial charge in [0, 0.05) is 26.2 Å². The van der Waals surface area contributed by atoms with E-state index in [1.807, 2.05) is 13.8 Å². The highest BCUT2D eigenvalue weighted by Crippen LogP contribution is 2.42. The molecule has 4 aliphatic heterocycles. The summed E-state index contributed by atoms with van der Waals surface area (Å²) in [5.41, 5.74) is -0.347. The summed E-state index contributed by atoms with van der Waals surface area (Å²) in [4.78, 5) is 0.361. The van der Waals surface area contributed by atoms with Gasteiger partial charge in [-0.05, 0) is 38.1 Å². The normalized spacial score (nSPS) is 31.4. The lowest BCUT2D eigenvalue weighted by atomic mass is 9.89. The molecule has 0 unspecified atom stereocenters. The van der Waals surface area contributed by atoms with Crippen molar-refractivity contribution in [2.24, 2.45) is 0 Å². The van der Waals surface area contributed by atoms with Crippen molar-refractivity contribution in [1.29, 1.82) is 0 Å². The van der Waals surface area contributed by atoms with Gasteiger partial charge in [0.1, 0.15) is 47.8 Å². The van der Waals surface area contributed by atoms with Crippen LogP contribution in [0.5, 0.6) is 0 Å². The SMILES string of the molecule is Cc1ccc(S(=O)(=O)N2CC3(C2)O[C@H](CO)[C@@H](O)[C@H]3O)cc1.Cc1ccc(S(=O)(=O)N2CC3(C2)O[C@H](CO)[C@@H](O)[C@H]3O)cc1. The molecule has 4 fully saturated rings. The minimum Gasteiger partial charge on any atom is -0.394 e. The molecule has 6 rings (SSSR count). The summed E-state index contributed by atoms with van der Waals surface area (Å²) in [5, 5.41) is 57.9. The summed E-state index contributed by atoms with van der Waals surface area (Å²) in [7, 11) is -7.30. The van der Waals surface area contributed by atoms with Crippen molar-refractivity contribution in [3.8, 4) is 0 Å². The largest absolute Gasteiger partial charge is 0.394 e. The molecule has 2 spiro atoms. The molecule has 0 aromatic heterocycles. The van der Waals surface area contributed by atoms with Gasteiger partial charge < -0.3 is 40.1 Å². The monoisotopic (exact) mass is 658 g/mol. The van der Waals surface area contributed by atoms with E-state index >= 15 is 0 Å². The summed E-state index contributed by atoms with van der Waals surface area (Å²) in [6.07, 6.45) is -6.63. The number of rotatable bonds is 6. The number of hydrogen-bond donors (Lipinski definition) is 6. The van der Waals surface area contributed by atoms with Gasteiger partial charge in [-0.2, -0.15) is 8.61 Å². The van der Waals surface area contributed by atoms with Crippen molar-refractivity contribution in [1.82, 2.24) is 8.61 Å². The van der Waals surface area contributed by atoms with Crippen molar-refractivity contribution < 1.29 is 56.9 Å². The number of aliphatic hydroxyl groups is 6. The van der Waals surface area contributed by atoms with Gasteiger partial charge in [0.05, 0.1) is 23.0 Å². The fourth-order valence-electron chi connectivity index (χ4n) is 5.88. The van der Waals surface area contributed by atoms with Crippen LogP contribution in [0.2, 0.25) is 0 Å². The van der Waals surface area contributed by atoms with Crippen molar-refractivity contribution >= 4 is 20.0 Å². The molecule has 4 heterocycles. The van der Waals surface area contributed by atoms with Crippen LogP contribution in [0.25, 0.3) is 0 Å². The molecular formula is C28H38N2O12S2. The fraction of sp³-hybridized carbons (Fsp3) is 0.571. The standard InChI is InChI=1S/2C14H19NO6S/c2*1-9-2-4-10(5-3-9)22(19,20)15-7-14(8-15)13(18)12(17)11(6-16)21-14/h2*2-5,11-13,16-18H,6-8H2,1H3/t2*11-,12-,13-/m11/s1. The molecule has 2 aromatic rings. The highest BCUT2D eigenvalue weighted by Gasteiger charge is 2.63. The third kappa shape index (κ3) is 5.61. The molecular weight excluding hydrogens is 620 g/mol. The smallest absolute Gasteiger partial charge is 0.243 e. The second-order valence-electron chi connectivity index (χ2n) is 11.9. The molecule has 0 saturated carbocycles. The number of nitrogens with zero attached hydrogens (tertiary/aromatic N) is 2. The van der Waals surface area contributed by atoms with Crippen LogP contribution in [-0.4, -0.2) is 143 Å². The van der Waals surface area contributed by atoms with E-state index in [0.29, 0.717) is 0 Å². The van der Waals surface area contributed by atoms with Crippen LogP contribution in [0.4, 0.5) is 0 Å². The average Bonchev–Trinajstić information content (AvgIpc) is 3.37. The van der Waals surface area contributed by atoms with E-state index in [1.165, 1.54) is 32.9 Å². The minimum atomic E-state index is -3.65. The zero-order valence-corrected chi connectivity index (χ0v) is 25.8. The molecule has 0 aliphatic carbocycles. The number of aryl methyl sites for hydroxylation is 2. The van der Waals surface area contributed by atoms with Crippen LogP contribution in [0.3, 0.4) is 0 Å². The summed E-state index contributed by atoms with van der Waals surface area (Å²) >= 11 is 0. The van der Waals surface area contributed by atoms with Crippen LogP contribution in [0.15, 0.2) is 58.3 Å². The van der Waals surface area contributed by atoms with E-state index < -0.39 is 81.1 Å². The molecule has 16 heteroatoms. The van der Waals surface area contributed by atoms with Gasteiger partial charge in [0.25, 0.3) is 0 Å². The first-order chi connectivity index (χ1) is 20.6. The third-order valence-corrected chi connectivity index (χ3v) is 12.3. The van der Waals surface area contributed by atoms with Crippen molar-refractivity contribution in [2.45, 2.75) is 71.5 Å². The lowest BCUT2D eigenvalue weighted by Crippen LogP contribution is -2.68. The Morgan fingerprint density at radius 2 is 0.932 bits per heavy atom. The first kappa shape index (κ1) is 33.3. The van der Waals surface area contributed by atoms with Crippen LogP contribution in [-0.2, 0) is 29.5 Å². The van der Waals surface area contributed by atoms with Crippen molar-refractivity contribution in [3.05, 3.63) is 59.7 Å². The van der Waals surface area contributed by atoms with E-state index in [2.05, 4.69) is 0 Å². The van der Waals surface area contributed by atoms with Crippen LogP contribution >= 0.6 is 0 Å². The Morgan fingerprint density at radius 1 is 0.636 bits per heavy atom. The second-order valence-corrected chi connectivity index (χ2v) is 15.7. The molecule has 4 aliphatic rings. The summed E-state index contributed by atoms with van der Waals surface area (Å²) < 4.78 is 63.3. The Balaban J connectivity index is 0.000000175. The van der Waals surface area contributed by atoms with E-state index in [4.69, 9.17) is 19.7 Å². The number of ether oxygens (including phenoxy) is 2. The lowest BCUT2D eigenvalue weighted by Gasteiger charge is -2.47. The zero-order chi connectivity index (χ0) is 32.2. The van der Waals surface area contributed by atoms with Gasteiger partial charge in [0.2, 0.25) is 20.0 Å². The van der Waals surface area contributed by atoms with E-state index in [0.717, 1.165) is 11.1 Å². The van der Waals surface area contributed by atoms with Gasteiger partial charge >= 0.3 is 0 Å². The van der Waals surface area contributed by atoms with Crippen LogP contribution in [0.1, 0.15) is 11.1 Å². The molecule has 44 heavy (non-hydrogen) atoms. The maximum absolute atomic E-state index is 12.5. The predicted molar refractivity (Wildman–Crippen MR) is 153 cm³/mol. The maximum Gasteiger partial charge on any atom is 0.243 e. The number of sulfonamides is 2. The molecule has 6 N–H and O–H groups in total. The Kier molecular flexibility index (Phi) is 9.04. The lowest BCUT2D eigenvalue weighted by molar-refractivity contribution is -0.149. The summed E-state index contributed by atoms with van der Waals surface area (Å²) in [6.45, 7) is 2.71. The van der Waals surface area contributed by atoms with Gasteiger partial charge in [-0.1, -0.05) is 35.4 Å². The minimum absolute atomic E-state index is 0.0437. The van der Waals surface area contributed by atoms with Gasteiger partial charge in [-0.3, -0.25) is 0 Å². The molecule has 6 atom stereocenters. The van der Waals surface area contributed by atoms with E-state index in [-0.39, 0.29) is 36.0 Å². The van der Waals surface area contributed by atoms with Gasteiger partial charge in [-0.25, -0.2) is 16.8 Å². The highest BCUT2D eigenvalue weighted by molar-refractivity contribution is 7.89. The molecule has 0 bridgehead atoms. The number of aliphatic hydroxyl groups excluding tert-OH is 6. The van der Waals surface area contributed by atoms with Crippen LogP contribution in [0, 0.1) is 13.8 Å². The molecule has 4 saturated heterocycles. The number of hydrogen-bond acceptors (Lipinski definition) is 12. The first-order valence-corrected chi connectivity index (χ1v) is 16.9. The first-order valence-electron chi connectivity index (χ1n) is 14.0. The summed E-state index contributed by atoms with van der Waals surface area (Å²) in [6, 6.07) is 13.0. The molecule has 244 valence electrons. The predicted octanol–water partition coefficient (Wildman–Crippen LogP) is -2.30. The molecule has 0 amide bonds. The summed E-state index contributed by atoms with van der Waals surface area (Å²) in [5.74, 6) is 0. The zero-order valence-electron chi connectivity index (χ0n) is 24.2. The topological polar surface area (TPSA) is 215 Å². The number of benzene rings is 2. The van der Waals surface area contributed by atoms with Crippen molar-refractivity contribution in [3.63, 3.8) is 0 Å². The Morgan fingerprint density at radius 3 is 1.18 bits per heavy atom. The van der Waals surface area contributed by atoms with Crippen LogP contribution < -0.4 is 0 Å². The Labute approximate surface area is 255 Å². The average molecular weight is 659 g/mol. The third-order valence-electron chi connectivity index (χ3n) is 8.71. The highest BCUT2D eigenvalue weighted by atomic mass is 32.2. The van der Waals surface area contributed by atoms with Crippen molar-refractivity contribution in [2.75, 3.05) is 39.4 Å². The molecule has 14 nitrogen and oxygen atoms in total. The fourth-order valence-corrected chi connectivity index (χ4v) is 8.99. The quantitative estimate of drug-likeness (QED) is 0.193. The Hall–Kier alpha value is -2.06. The van der Waals surface area contributed by atoms with E-state index in [9.17, 15) is 37.3 Å². The molecule has 2 aromatic carbocycles. The maximum atomic E-state index is 12.5. The van der Waals surface area contributed by atoms with Gasteiger partial charge in [-0.15, -0.1) is 0 Å². The second kappa shape index (κ2) is 11.9.